The SMILES string of the molecule is CC(C)(C)C1CCNc2ccc(Oc3ccc(Cl)cc3)cc21. The average Bonchev–Trinajstić information content (AvgIpc) is 2.48. The highest BCUT2D eigenvalue weighted by molar-refractivity contribution is 6.30. The molecule has 3 rings (SSSR count). The van der Waals surface area contributed by atoms with Gasteiger partial charge in [-0.15, -0.1) is 0 Å². The van der Waals surface area contributed by atoms with Gasteiger partial charge in [0.1, 0.15) is 11.5 Å². The van der Waals surface area contributed by atoms with E-state index in [9.17, 15) is 0 Å². The number of anilines is 1. The van der Waals surface area contributed by atoms with E-state index in [1.807, 2.05) is 30.3 Å². The van der Waals surface area contributed by atoms with Crippen LogP contribution in [0, 0.1) is 5.41 Å². The van der Waals surface area contributed by atoms with Crippen LogP contribution in [0.1, 0.15) is 38.7 Å². The van der Waals surface area contributed by atoms with Gasteiger partial charge in [0.15, 0.2) is 0 Å². The molecule has 1 atom stereocenters. The molecule has 1 N–H and O–H groups in total. The fourth-order valence-corrected chi connectivity index (χ4v) is 3.22. The Balaban J connectivity index is 1.90. The maximum Gasteiger partial charge on any atom is 0.127 e. The Morgan fingerprint density at radius 3 is 2.41 bits per heavy atom. The normalized spacial score (nSPS) is 17.5. The number of hydrogen-bond acceptors (Lipinski definition) is 2. The molecular formula is C19H22ClNO. The van der Waals surface area contributed by atoms with Crippen LogP contribution in [0.15, 0.2) is 42.5 Å². The Bertz CT molecular complexity index is 658. The zero-order valence-corrected chi connectivity index (χ0v) is 14.1. The van der Waals surface area contributed by atoms with Gasteiger partial charge in [-0.2, -0.15) is 0 Å². The third kappa shape index (κ3) is 3.22. The predicted octanol–water partition coefficient (Wildman–Crippen LogP) is 6.08. The lowest BCUT2D eigenvalue weighted by Crippen LogP contribution is -2.26. The van der Waals surface area contributed by atoms with E-state index in [1.165, 1.54) is 11.3 Å². The zero-order chi connectivity index (χ0) is 15.7. The fraction of sp³-hybridized carbons (Fsp3) is 0.368. The van der Waals surface area contributed by atoms with E-state index in [-0.39, 0.29) is 5.41 Å². The zero-order valence-electron chi connectivity index (χ0n) is 13.3. The van der Waals surface area contributed by atoms with Gasteiger partial charge in [0.25, 0.3) is 0 Å². The molecule has 22 heavy (non-hydrogen) atoms. The first kappa shape index (κ1) is 15.2. The predicted molar refractivity (Wildman–Crippen MR) is 93.3 cm³/mol. The Kier molecular flexibility index (Phi) is 4.05. The highest BCUT2D eigenvalue weighted by Crippen LogP contribution is 2.44. The molecule has 0 fully saturated rings. The van der Waals surface area contributed by atoms with Gasteiger partial charge in [0, 0.05) is 17.3 Å². The molecule has 3 heteroatoms. The van der Waals surface area contributed by atoms with Gasteiger partial charge in [-0.1, -0.05) is 32.4 Å². The Morgan fingerprint density at radius 2 is 1.73 bits per heavy atom. The number of hydrogen-bond donors (Lipinski definition) is 1. The van der Waals surface area contributed by atoms with Gasteiger partial charge in [-0.3, -0.25) is 0 Å². The summed E-state index contributed by atoms with van der Waals surface area (Å²) in [6.07, 6.45) is 1.15. The van der Waals surface area contributed by atoms with E-state index >= 15 is 0 Å². The van der Waals surface area contributed by atoms with Crippen molar-refractivity contribution >= 4 is 17.3 Å². The standard InChI is InChI=1S/C19H22ClNO/c1-19(2,3)17-10-11-21-18-9-8-15(12-16(17)18)22-14-6-4-13(20)5-7-14/h4-9,12,17,21H,10-11H2,1-3H3. The summed E-state index contributed by atoms with van der Waals surface area (Å²) in [4.78, 5) is 0. The molecule has 0 bridgehead atoms. The summed E-state index contributed by atoms with van der Waals surface area (Å²) >= 11 is 5.91. The van der Waals surface area contributed by atoms with Crippen LogP contribution < -0.4 is 10.1 Å². The van der Waals surface area contributed by atoms with Crippen LogP contribution in [-0.2, 0) is 0 Å². The molecule has 0 amide bonds. The summed E-state index contributed by atoms with van der Waals surface area (Å²) in [5.41, 5.74) is 2.83. The molecule has 0 saturated heterocycles. The van der Waals surface area contributed by atoms with Crippen LogP contribution in [-0.4, -0.2) is 6.54 Å². The molecule has 0 radical (unpaired) electrons. The summed E-state index contributed by atoms with van der Waals surface area (Å²) in [5, 5.41) is 4.21. The first-order chi connectivity index (χ1) is 10.4. The quantitative estimate of drug-likeness (QED) is 0.725. The van der Waals surface area contributed by atoms with E-state index in [0.29, 0.717) is 5.92 Å². The highest BCUT2D eigenvalue weighted by atomic mass is 35.5. The molecular weight excluding hydrogens is 294 g/mol. The lowest BCUT2D eigenvalue weighted by molar-refractivity contribution is 0.305. The van der Waals surface area contributed by atoms with Crippen LogP contribution in [0.3, 0.4) is 0 Å². The van der Waals surface area contributed by atoms with Crippen molar-refractivity contribution in [3.05, 3.63) is 53.1 Å². The van der Waals surface area contributed by atoms with Crippen LogP contribution in [0.2, 0.25) is 5.02 Å². The van der Waals surface area contributed by atoms with Crippen molar-refractivity contribution in [2.24, 2.45) is 5.41 Å². The average molecular weight is 316 g/mol. The van der Waals surface area contributed by atoms with Crippen molar-refractivity contribution in [3.8, 4) is 11.5 Å². The first-order valence-electron chi connectivity index (χ1n) is 7.75. The number of ether oxygens (including phenoxy) is 1. The second kappa shape index (κ2) is 5.85. The Labute approximate surface area is 137 Å². The molecule has 0 aromatic heterocycles. The van der Waals surface area contributed by atoms with E-state index < -0.39 is 0 Å². The van der Waals surface area contributed by atoms with Crippen molar-refractivity contribution in [2.75, 3.05) is 11.9 Å². The van der Waals surface area contributed by atoms with Gasteiger partial charge in [0.2, 0.25) is 0 Å². The van der Waals surface area contributed by atoms with Crippen LogP contribution in [0.25, 0.3) is 0 Å². The van der Waals surface area contributed by atoms with Crippen molar-refractivity contribution in [3.63, 3.8) is 0 Å². The maximum atomic E-state index is 5.97. The Hall–Kier alpha value is -1.67. The number of fused-ring (bicyclic) bond motifs is 1. The monoisotopic (exact) mass is 315 g/mol. The molecule has 2 aromatic carbocycles. The van der Waals surface area contributed by atoms with Gasteiger partial charge in [-0.25, -0.2) is 0 Å². The molecule has 0 saturated carbocycles. The van der Waals surface area contributed by atoms with Gasteiger partial charge in [-0.05, 0) is 65.8 Å². The highest BCUT2D eigenvalue weighted by Gasteiger charge is 2.30. The third-order valence-corrected chi connectivity index (χ3v) is 4.49. The van der Waals surface area contributed by atoms with Gasteiger partial charge < -0.3 is 10.1 Å². The summed E-state index contributed by atoms with van der Waals surface area (Å²) in [6.45, 7) is 7.95. The summed E-state index contributed by atoms with van der Waals surface area (Å²) in [7, 11) is 0. The maximum absolute atomic E-state index is 5.97. The number of rotatable bonds is 2. The van der Waals surface area contributed by atoms with Gasteiger partial charge in [0.05, 0.1) is 0 Å². The lowest BCUT2D eigenvalue weighted by atomic mass is 9.73. The van der Waals surface area contributed by atoms with Crippen LogP contribution >= 0.6 is 11.6 Å². The van der Waals surface area contributed by atoms with E-state index in [4.69, 9.17) is 16.3 Å². The molecule has 1 aliphatic heterocycles. The molecule has 0 spiro atoms. The molecule has 1 aliphatic rings. The number of benzene rings is 2. The second-order valence-electron chi connectivity index (χ2n) is 6.94. The van der Waals surface area contributed by atoms with Crippen LogP contribution in [0.4, 0.5) is 5.69 Å². The Morgan fingerprint density at radius 1 is 1.05 bits per heavy atom. The molecule has 0 aliphatic carbocycles. The van der Waals surface area contributed by atoms with Gasteiger partial charge >= 0.3 is 0 Å². The van der Waals surface area contributed by atoms with Crippen molar-refractivity contribution in [2.45, 2.75) is 33.1 Å². The fourth-order valence-electron chi connectivity index (χ4n) is 3.10. The van der Waals surface area contributed by atoms with E-state index in [0.717, 1.165) is 29.5 Å². The summed E-state index contributed by atoms with van der Waals surface area (Å²) in [5.74, 6) is 2.22. The van der Waals surface area contributed by atoms with Crippen molar-refractivity contribution < 1.29 is 4.74 Å². The number of nitrogens with one attached hydrogen (secondary N) is 1. The molecule has 2 nitrogen and oxygen atoms in total. The van der Waals surface area contributed by atoms with Crippen molar-refractivity contribution in [1.29, 1.82) is 0 Å². The van der Waals surface area contributed by atoms with Crippen molar-refractivity contribution in [1.82, 2.24) is 0 Å². The molecule has 1 heterocycles. The second-order valence-corrected chi connectivity index (χ2v) is 7.38. The van der Waals surface area contributed by atoms with Crippen LogP contribution in [0.5, 0.6) is 11.5 Å². The van der Waals surface area contributed by atoms with E-state index in [1.54, 1.807) is 0 Å². The largest absolute Gasteiger partial charge is 0.457 e. The first-order valence-corrected chi connectivity index (χ1v) is 8.12. The van der Waals surface area contributed by atoms with E-state index in [2.05, 4.69) is 38.2 Å². The minimum Gasteiger partial charge on any atom is -0.457 e. The lowest BCUT2D eigenvalue weighted by Gasteiger charge is -2.36. The minimum atomic E-state index is 0.246. The third-order valence-electron chi connectivity index (χ3n) is 4.24. The molecule has 1 unspecified atom stereocenters. The number of halogens is 1. The molecule has 2 aromatic rings. The minimum absolute atomic E-state index is 0.246. The molecule has 116 valence electrons. The summed E-state index contributed by atoms with van der Waals surface area (Å²) < 4.78 is 5.97. The smallest absolute Gasteiger partial charge is 0.127 e. The topological polar surface area (TPSA) is 21.3 Å². The summed E-state index contributed by atoms with van der Waals surface area (Å²) in [6, 6.07) is 13.8.